The third-order valence-corrected chi connectivity index (χ3v) is 24.6. The number of aryl methyl sites for hydroxylation is 16. The molecule has 0 spiro atoms. The van der Waals surface area contributed by atoms with Crippen molar-refractivity contribution in [3.8, 4) is 0 Å². The van der Waals surface area contributed by atoms with E-state index in [1.165, 1.54) is 132 Å². The molecule has 6 aromatic carbocycles. The summed E-state index contributed by atoms with van der Waals surface area (Å²) in [4.78, 5) is 66.7. The van der Waals surface area contributed by atoms with Gasteiger partial charge in [0, 0.05) is 139 Å². The summed E-state index contributed by atoms with van der Waals surface area (Å²) in [5, 5.41) is 13.9. The molecule has 0 fully saturated rings. The van der Waals surface area contributed by atoms with Gasteiger partial charge in [-0.15, -0.1) is 0 Å². The van der Waals surface area contributed by atoms with Crippen LogP contribution in [0.2, 0.25) is 0 Å². The van der Waals surface area contributed by atoms with Gasteiger partial charge in [-0.1, -0.05) is 159 Å². The van der Waals surface area contributed by atoms with Crippen molar-refractivity contribution in [3.63, 3.8) is 0 Å². The molecule has 0 unspecified atom stereocenters. The van der Waals surface area contributed by atoms with Crippen LogP contribution in [-0.2, 0) is 142 Å². The Morgan fingerprint density at radius 1 is 0.150 bits per heavy atom. The van der Waals surface area contributed by atoms with Crippen molar-refractivity contribution in [1.82, 2.24) is 69.8 Å². The first kappa shape index (κ1) is 86.9. The van der Waals surface area contributed by atoms with Crippen molar-refractivity contribution < 1.29 is 39.0 Å². The Bertz CT molecular complexity index is 5950. The minimum absolute atomic E-state index is 0. The van der Waals surface area contributed by atoms with Gasteiger partial charge in [-0.3, -0.25) is 59.8 Å². The van der Waals surface area contributed by atoms with Gasteiger partial charge in [-0.05, 0) is 240 Å². The summed E-state index contributed by atoms with van der Waals surface area (Å²) in [5.41, 5.74) is 37.3. The fourth-order valence-electron chi connectivity index (χ4n) is 18.6. The van der Waals surface area contributed by atoms with Crippen LogP contribution < -0.4 is 0 Å². The molecule has 0 atom stereocenters. The van der Waals surface area contributed by atoms with E-state index < -0.39 is 0 Å². The van der Waals surface area contributed by atoms with Crippen molar-refractivity contribution in [3.05, 3.63) is 260 Å². The molecule has 13 heterocycles. The zero-order chi connectivity index (χ0) is 82.4. The number of hydrogen-bond acceptors (Lipinski definition) is 14. The molecule has 13 aromatic heterocycles. The zero-order valence-electron chi connectivity index (χ0n) is 72.4. The van der Waals surface area contributed by atoms with E-state index in [1.807, 2.05) is 98.1 Å². The van der Waals surface area contributed by atoms with E-state index >= 15 is 0 Å². The molecule has 19 aromatic rings. The molecule has 0 N–H and O–H groups in total. The number of rotatable bonds is 16. The largest absolute Gasteiger partial charge is 2.00 e. The first-order valence-electron chi connectivity index (χ1n) is 43.4. The number of nitrogens with zero attached hydrogens (tertiary/aromatic N) is 14. The second kappa shape index (κ2) is 38.6. The van der Waals surface area contributed by atoms with Gasteiger partial charge in [0.05, 0.1) is 88.3 Å². The maximum Gasteiger partial charge on any atom is 2.00 e. The Hall–Kier alpha value is -10.9. The summed E-state index contributed by atoms with van der Waals surface area (Å²) in [7, 11) is 0. The van der Waals surface area contributed by atoms with Crippen LogP contribution >= 0.6 is 0 Å². The number of hydrogen-bond donors (Lipinski definition) is 0. The Kier molecular flexibility index (Phi) is 28.0. The van der Waals surface area contributed by atoms with E-state index in [4.69, 9.17) is 49.8 Å². The zero-order valence-corrected chi connectivity index (χ0v) is 75.9. The minimum atomic E-state index is 0. The van der Waals surface area contributed by atoms with Crippen molar-refractivity contribution in [2.24, 2.45) is 0 Å². The van der Waals surface area contributed by atoms with Crippen LogP contribution in [0.15, 0.2) is 171 Å². The van der Waals surface area contributed by atoms with Gasteiger partial charge in [-0.25, -0.2) is 9.97 Å². The summed E-state index contributed by atoms with van der Waals surface area (Å²) in [5.74, 6) is 0. The van der Waals surface area contributed by atoms with Gasteiger partial charge in [0.2, 0.25) is 0 Å². The molecule has 0 saturated heterocycles. The first-order valence-corrected chi connectivity index (χ1v) is 43.4. The SMILES string of the molecule is CCc1cnc2c(ccc3c(CC)c(CC)cnc32)c1CC.CCc1cnc2c(ccc3c(CC)c(CC)cnc32)c1CC.CCc1cnc2c(ccc3c(CC)c(CC)cnc32)c1CC.CCc1cnc2c(ccc3c(CC)c(CC)cnc32)c1CC.[Ru+2].[Ru+2].c1cnc2c(c1)c1nc3c4cccnc4c4ncccc4c3nc1c1cccnc12. The van der Waals surface area contributed by atoms with Crippen LogP contribution in [0.5, 0.6) is 0 Å². The van der Waals surface area contributed by atoms with Crippen molar-refractivity contribution >= 4 is 153 Å². The van der Waals surface area contributed by atoms with Crippen molar-refractivity contribution in [1.29, 1.82) is 0 Å². The Labute approximate surface area is 730 Å². The Balaban J connectivity index is 0.000000130. The molecular formula is C104H108N14Ru2+4. The van der Waals surface area contributed by atoms with Crippen molar-refractivity contribution in [2.75, 3.05) is 0 Å². The van der Waals surface area contributed by atoms with Crippen LogP contribution in [-0.4, -0.2) is 69.8 Å². The average Bonchev–Trinajstić information content (AvgIpc) is 0.675. The summed E-state index contributed by atoms with van der Waals surface area (Å²) in [6.07, 6.45) is 40.1. The van der Waals surface area contributed by atoms with Crippen molar-refractivity contribution in [2.45, 2.75) is 214 Å². The Morgan fingerprint density at radius 3 is 0.408 bits per heavy atom. The molecule has 120 heavy (non-hydrogen) atoms. The van der Waals surface area contributed by atoms with Gasteiger partial charge in [0.1, 0.15) is 0 Å². The van der Waals surface area contributed by atoms with E-state index in [0.717, 1.165) is 213 Å². The third kappa shape index (κ3) is 15.7. The molecule has 19 rings (SSSR count). The molecule has 0 radical (unpaired) electrons. The van der Waals surface area contributed by atoms with Crippen LogP contribution in [0.25, 0.3) is 153 Å². The van der Waals surface area contributed by atoms with Crippen LogP contribution in [0.1, 0.15) is 200 Å². The topological polar surface area (TPSA) is 180 Å². The fourth-order valence-corrected chi connectivity index (χ4v) is 18.6. The number of fused-ring (bicyclic) bond motifs is 24. The second-order valence-electron chi connectivity index (χ2n) is 30.4. The normalized spacial score (nSPS) is 11.4. The number of pyridine rings is 12. The van der Waals surface area contributed by atoms with Crippen LogP contribution in [0.3, 0.4) is 0 Å². The molecule has 606 valence electrons. The third-order valence-electron chi connectivity index (χ3n) is 24.6. The Morgan fingerprint density at radius 2 is 0.283 bits per heavy atom. The average molecular weight is 1760 g/mol. The van der Waals surface area contributed by atoms with E-state index in [9.17, 15) is 0 Å². The second-order valence-corrected chi connectivity index (χ2v) is 30.4. The van der Waals surface area contributed by atoms with Crippen LogP contribution in [0.4, 0.5) is 0 Å². The number of aromatic nitrogens is 14. The molecule has 0 aliphatic rings. The van der Waals surface area contributed by atoms with E-state index in [-0.39, 0.29) is 39.0 Å². The molecule has 0 bridgehead atoms. The maximum absolute atomic E-state index is 5.14. The van der Waals surface area contributed by atoms with Gasteiger partial charge in [-0.2, -0.15) is 0 Å². The summed E-state index contributed by atoms with van der Waals surface area (Å²) in [6, 6.07) is 33.8. The summed E-state index contributed by atoms with van der Waals surface area (Å²) < 4.78 is 0. The monoisotopic (exact) mass is 1760 g/mol. The summed E-state index contributed by atoms with van der Waals surface area (Å²) in [6.45, 7) is 35.4. The summed E-state index contributed by atoms with van der Waals surface area (Å²) >= 11 is 0. The fraction of sp³-hybridized carbons (Fsp3) is 0.308. The standard InChI is InChI=1S/C24H12N6.4C20H24N2.2Ru/c1-5-13-17(25-9-1)18-14(6-2-10-26-18)22-21(13)29-23-15-7-3-11-27-19(15)20-16(24(23)30-22)8-4-12-28-20;4*1-5-13-11-21-19-17(15(13)7-3)9-10-18-16(8-4)14(6-2)12-22-20(18)19;;/h1-12H;4*9-12H,5-8H2,1-4H3;;/q;;;;;2*+2. The smallest absolute Gasteiger partial charge is 0.254 e. The van der Waals surface area contributed by atoms with E-state index in [2.05, 4.69) is 179 Å². The molecule has 16 heteroatoms. The predicted octanol–water partition coefficient (Wildman–Crippen LogP) is 25.1. The van der Waals surface area contributed by atoms with Crippen LogP contribution in [0, 0.1) is 0 Å². The van der Waals surface area contributed by atoms with Gasteiger partial charge in [0.15, 0.2) is 0 Å². The van der Waals surface area contributed by atoms with E-state index in [0.29, 0.717) is 0 Å². The molecule has 0 aliphatic heterocycles. The van der Waals surface area contributed by atoms with Gasteiger partial charge in [0.25, 0.3) is 0 Å². The molecular weight excluding hydrogens is 1650 g/mol. The first-order chi connectivity index (χ1) is 57.9. The quantitative estimate of drug-likeness (QED) is 0.0506. The maximum atomic E-state index is 5.14. The molecule has 0 saturated carbocycles. The predicted molar refractivity (Wildman–Crippen MR) is 496 cm³/mol. The molecule has 14 nitrogen and oxygen atoms in total. The molecule has 0 amide bonds. The minimum Gasteiger partial charge on any atom is -0.254 e. The molecule has 0 aliphatic carbocycles. The van der Waals surface area contributed by atoms with Gasteiger partial charge < -0.3 is 0 Å². The van der Waals surface area contributed by atoms with E-state index in [1.54, 1.807) is 24.8 Å². The number of benzene rings is 6. The van der Waals surface area contributed by atoms with Gasteiger partial charge >= 0.3 is 39.0 Å².